The van der Waals surface area contributed by atoms with Gasteiger partial charge in [0.25, 0.3) is 0 Å². The molecule has 0 aromatic carbocycles. The first-order valence-corrected chi connectivity index (χ1v) is 6.18. The van der Waals surface area contributed by atoms with Crippen LogP contribution < -0.4 is 11.1 Å². The first kappa shape index (κ1) is 11.8. The van der Waals surface area contributed by atoms with Crippen LogP contribution in [0.1, 0.15) is 12.1 Å². The summed E-state index contributed by atoms with van der Waals surface area (Å²) >= 11 is 1.30. The normalized spacial score (nSPS) is 19.7. The predicted octanol–water partition coefficient (Wildman–Crippen LogP) is -0.385. The Bertz CT molecular complexity index is 445. The van der Waals surface area contributed by atoms with Crippen LogP contribution in [0.2, 0.25) is 0 Å². The third kappa shape index (κ3) is 2.73. The number of nitrogens with one attached hydrogen (secondary N) is 1. The van der Waals surface area contributed by atoms with Crippen LogP contribution in [0.25, 0.3) is 0 Å². The summed E-state index contributed by atoms with van der Waals surface area (Å²) in [6.45, 7) is 0.688. The number of nitrogen functional groups attached to an aromatic ring is 1. The quantitative estimate of drug-likeness (QED) is 0.769. The molecule has 1 aliphatic heterocycles. The van der Waals surface area contributed by atoms with Crippen LogP contribution in [0.15, 0.2) is 5.38 Å². The molecule has 1 fully saturated rings. The Hall–Kier alpha value is -1.63. The molecule has 0 spiro atoms. The van der Waals surface area contributed by atoms with Gasteiger partial charge in [-0.15, -0.1) is 11.3 Å². The van der Waals surface area contributed by atoms with E-state index in [2.05, 4.69) is 10.3 Å². The molecule has 6 nitrogen and oxygen atoms in total. The van der Waals surface area contributed by atoms with Crippen LogP contribution >= 0.6 is 11.3 Å². The fourth-order valence-corrected chi connectivity index (χ4v) is 2.33. The minimum atomic E-state index is -0.386. The molecule has 17 heavy (non-hydrogen) atoms. The van der Waals surface area contributed by atoms with Gasteiger partial charge in [-0.1, -0.05) is 0 Å². The van der Waals surface area contributed by atoms with E-state index < -0.39 is 0 Å². The van der Waals surface area contributed by atoms with Gasteiger partial charge in [-0.2, -0.15) is 0 Å². The molecule has 92 valence electrons. The third-order valence-corrected chi connectivity index (χ3v) is 3.40. The second-order valence-electron chi connectivity index (χ2n) is 4.02. The van der Waals surface area contributed by atoms with E-state index in [4.69, 9.17) is 5.73 Å². The largest absolute Gasteiger partial charge is 0.375 e. The highest BCUT2D eigenvalue weighted by Crippen LogP contribution is 2.12. The van der Waals surface area contributed by atoms with E-state index in [1.54, 1.807) is 17.3 Å². The van der Waals surface area contributed by atoms with Crippen molar-refractivity contribution in [2.75, 3.05) is 19.3 Å². The molecule has 0 radical (unpaired) electrons. The number of nitrogens with two attached hydrogens (primary N) is 1. The molecule has 1 unspecified atom stereocenters. The van der Waals surface area contributed by atoms with Gasteiger partial charge in [-0.3, -0.25) is 9.59 Å². The molecular formula is C10H14N4O2S. The number of likely N-dealkylation sites (N-methyl/N-ethyl adjacent to an activating group) is 1. The molecule has 1 saturated heterocycles. The fraction of sp³-hybridized carbons (Fsp3) is 0.500. The van der Waals surface area contributed by atoms with E-state index >= 15 is 0 Å². The Labute approximate surface area is 103 Å². The third-order valence-electron chi connectivity index (χ3n) is 2.67. The van der Waals surface area contributed by atoms with Crippen molar-refractivity contribution in [2.45, 2.75) is 18.9 Å². The van der Waals surface area contributed by atoms with Crippen molar-refractivity contribution in [1.82, 2.24) is 15.2 Å². The van der Waals surface area contributed by atoms with Crippen LogP contribution in [0, 0.1) is 0 Å². The van der Waals surface area contributed by atoms with Crippen LogP contribution in [0.4, 0.5) is 5.13 Å². The SMILES string of the molecule is CN1CCC(NC(=O)Cc2csc(N)n2)C1=O. The van der Waals surface area contributed by atoms with E-state index in [0.717, 1.165) is 0 Å². The molecule has 1 atom stereocenters. The lowest BCUT2D eigenvalue weighted by atomic mass is 10.2. The topological polar surface area (TPSA) is 88.3 Å². The molecule has 1 aliphatic rings. The molecule has 3 N–H and O–H groups in total. The smallest absolute Gasteiger partial charge is 0.244 e. The zero-order chi connectivity index (χ0) is 12.4. The highest BCUT2D eigenvalue weighted by Gasteiger charge is 2.30. The summed E-state index contributed by atoms with van der Waals surface area (Å²) in [5.74, 6) is -0.222. The lowest BCUT2D eigenvalue weighted by molar-refractivity contribution is -0.131. The number of amides is 2. The van der Waals surface area contributed by atoms with Crippen LogP contribution in [-0.4, -0.2) is 41.3 Å². The summed E-state index contributed by atoms with van der Waals surface area (Å²) in [5, 5.41) is 4.91. The molecule has 2 heterocycles. The number of rotatable bonds is 3. The molecule has 0 saturated carbocycles. The summed E-state index contributed by atoms with van der Waals surface area (Å²) in [4.78, 5) is 28.9. The molecular weight excluding hydrogens is 240 g/mol. The van der Waals surface area contributed by atoms with Crippen LogP contribution in [-0.2, 0) is 16.0 Å². The lowest BCUT2D eigenvalue weighted by Gasteiger charge is -2.11. The summed E-state index contributed by atoms with van der Waals surface area (Å²) < 4.78 is 0. The van der Waals surface area contributed by atoms with Crippen molar-refractivity contribution in [3.05, 3.63) is 11.1 Å². The van der Waals surface area contributed by atoms with E-state index in [0.29, 0.717) is 23.8 Å². The number of carbonyl (C=O) groups is 2. The first-order valence-electron chi connectivity index (χ1n) is 5.30. The van der Waals surface area contributed by atoms with E-state index in [-0.39, 0.29) is 24.3 Å². The number of thiazole rings is 1. The average Bonchev–Trinajstić information content (AvgIpc) is 2.79. The summed E-state index contributed by atoms with van der Waals surface area (Å²) in [6, 6.07) is -0.386. The Morgan fingerprint density at radius 3 is 3.06 bits per heavy atom. The molecule has 0 bridgehead atoms. The molecule has 2 amide bonds. The minimum absolute atomic E-state index is 0.0314. The van der Waals surface area contributed by atoms with Crippen molar-refractivity contribution >= 4 is 28.3 Å². The van der Waals surface area contributed by atoms with Gasteiger partial charge in [0.2, 0.25) is 11.8 Å². The number of hydrogen-bond acceptors (Lipinski definition) is 5. The maximum atomic E-state index is 11.7. The van der Waals surface area contributed by atoms with Gasteiger partial charge in [0.05, 0.1) is 12.1 Å². The Morgan fingerprint density at radius 2 is 2.53 bits per heavy atom. The number of aromatic nitrogens is 1. The minimum Gasteiger partial charge on any atom is -0.375 e. The van der Waals surface area contributed by atoms with Gasteiger partial charge in [0.1, 0.15) is 6.04 Å². The highest BCUT2D eigenvalue weighted by atomic mass is 32.1. The van der Waals surface area contributed by atoms with E-state index in [9.17, 15) is 9.59 Å². The highest BCUT2D eigenvalue weighted by molar-refractivity contribution is 7.13. The van der Waals surface area contributed by atoms with Crippen LogP contribution in [0.5, 0.6) is 0 Å². The fourth-order valence-electron chi connectivity index (χ4n) is 1.77. The Kier molecular flexibility index (Phi) is 3.28. The van der Waals surface area contributed by atoms with Crippen LogP contribution in [0.3, 0.4) is 0 Å². The Balaban J connectivity index is 1.88. The van der Waals surface area contributed by atoms with Gasteiger partial charge in [-0.25, -0.2) is 4.98 Å². The predicted molar refractivity (Wildman–Crippen MR) is 64.4 cm³/mol. The summed E-state index contributed by atoms with van der Waals surface area (Å²) in [6.07, 6.45) is 0.835. The van der Waals surface area contributed by atoms with Gasteiger partial charge in [0, 0.05) is 19.0 Å². The average molecular weight is 254 g/mol. The Morgan fingerprint density at radius 1 is 1.76 bits per heavy atom. The number of likely N-dealkylation sites (tertiary alicyclic amines) is 1. The number of carbonyl (C=O) groups excluding carboxylic acids is 2. The van der Waals surface area contributed by atoms with Crippen molar-refractivity contribution < 1.29 is 9.59 Å². The zero-order valence-electron chi connectivity index (χ0n) is 9.47. The van der Waals surface area contributed by atoms with Crippen molar-refractivity contribution in [3.8, 4) is 0 Å². The van der Waals surface area contributed by atoms with E-state index in [1.165, 1.54) is 11.3 Å². The number of anilines is 1. The van der Waals surface area contributed by atoms with Crippen molar-refractivity contribution in [1.29, 1.82) is 0 Å². The van der Waals surface area contributed by atoms with Crippen molar-refractivity contribution in [3.63, 3.8) is 0 Å². The maximum absolute atomic E-state index is 11.7. The second-order valence-corrected chi connectivity index (χ2v) is 4.91. The van der Waals surface area contributed by atoms with E-state index in [1.807, 2.05) is 0 Å². The van der Waals surface area contributed by atoms with Crippen molar-refractivity contribution in [2.24, 2.45) is 0 Å². The summed E-state index contributed by atoms with van der Waals surface area (Å²) in [7, 11) is 1.73. The number of hydrogen-bond donors (Lipinski definition) is 2. The first-order chi connectivity index (χ1) is 8.06. The lowest BCUT2D eigenvalue weighted by Crippen LogP contribution is -2.41. The maximum Gasteiger partial charge on any atom is 0.244 e. The molecule has 1 aromatic rings. The van der Waals surface area contributed by atoms with Gasteiger partial charge in [-0.05, 0) is 6.42 Å². The summed E-state index contributed by atoms with van der Waals surface area (Å²) in [5.41, 5.74) is 6.12. The molecule has 7 heteroatoms. The molecule has 2 rings (SSSR count). The number of nitrogens with zero attached hydrogens (tertiary/aromatic N) is 2. The van der Waals surface area contributed by atoms with Gasteiger partial charge in [0.15, 0.2) is 5.13 Å². The molecule has 0 aliphatic carbocycles. The standard InChI is InChI=1S/C10H14N4O2S/c1-14-3-2-7(9(14)16)13-8(15)4-6-5-17-10(11)12-6/h5,7H,2-4H2,1H3,(H2,11,12)(H,13,15). The zero-order valence-corrected chi connectivity index (χ0v) is 10.3. The second kappa shape index (κ2) is 4.70. The van der Waals surface area contributed by atoms with Gasteiger partial charge < -0.3 is 16.0 Å². The molecule has 1 aromatic heterocycles. The van der Waals surface area contributed by atoms with Gasteiger partial charge >= 0.3 is 0 Å². The monoisotopic (exact) mass is 254 g/mol.